The van der Waals surface area contributed by atoms with E-state index in [2.05, 4.69) is 24.1 Å². The van der Waals surface area contributed by atoms with Crippen molar-refractivity contribution >= 4 is 5.91 Å². The van der Waals surface area contributed by atoms with Crippen LogP contribution in [0.1, 0.15) is 78.1 Å². The van der Waals surface area contributed by atoms with Crippen molar-refractivity contribution in [2.24, 2.45) is 0 Å². The van der Waals surface area contributed by atoms with E-state index in [1.807, 2.05) is 0 Å². The third-order valence-electron chi connectivity index (χ3n) is 4.40. The summed E-state index contributed by atoms with van der Waals surface area (Å²) in [5.41, 5.74) is 0. The molecule has 1 aliphatic rings. The standard InChI is InChI=1S/C17H34N2O/c1-3-5-6-7-8-9-10-11-17(20)19(4-2)16-12-14-18-15-13-16/h16,18H,3-15H2,1-2H3. The van der Waals surface area contributed by atoms with Gasteiger partial charge in [0.15, 0.2) is 0 Å². The number of hydrogen-bond acceptors (Lipinski definition) is 2. The number of nitrogens with zero attached hydrogens (tertiary/aromatic N) is 1. The van der Waals surface area contributed by atoms with Crippen LogP contribution in [0.3, 0.4) is 0 Å². The van der Waals surface area contributed by atoms with Crippen molar-refractivity contribution in [1.29, 1.82) is 0 Å². The van der Waals surface area contributed by atoms with Crippen LogP contribution in [0.15, 0.2) is 0 Å². The Balaban J connectivity index is 2.12. The second-order valence-electron chi connectivity index (χ2n) is 6.03. The monoisotopic (exact) mass is 282 g/mol. The first kappa shape index (κ1) is 17.5. The largest absolute Gasteiger partial charge is 0.340 e. The van der Waals surface area contributed by atoms with Gasteiger partial charge in [0.25, 0.3) is 0 Å². The Hall–Kier alpha value is -0.570. The third-order valence-corrected chi connectivity index (χ3v) is 4.40. The third kappa shape index (κ3) is 6.74. The first-order chi connectivity index (χ1) is 9.79. The first-order valence-corrected chi connectivity index (χ1v) is 8.79. The Bertz CT molecular complexity index is 249. The van der Waals surface area contributed by atoms with E-state index in [1.54, 1.807) is 0 Å². The number of carbonyl (C=O) groups is 1. The maximum Gasteiger partial charge on any atom is 0.222 e. The summed E-state index contributed by atoms with van der Waals surface area (Å²) in [5, 5.41) is 3.37. The van der Waals surface area contributed by atoms with Crippen molar-refractivity contribution in [2.75, 3.05) is 19.6 Å². The van der Waals surface area contributed by atoms with E-state index in [0.29, 0.717) is 11.9 Å². The Labute approximate surface area is 125 Å². The molecule has 0 saturated carbocycles. The number of hydrogen-bond donors (Lipinski definition) is 1. The summed E-state index contributed by atoms with van der Waals surface area (Å²) in [6.07, 6.45) is 12.0. The van der Waals surface area contributed by atoms with Crippen LogP contribution in [-0.2, 0) is 4.79 Å². The number of amides is 1. The van der Waals surface area contributed by atoms with E-state index in [0.717, 1.165) is 45.3 Å². The number of rotatable bonds is 10. The van der Waals surface area contributed by atoms with E-state index in [9.17, 15) is 4.79 Å². The molecule has 0 bridgehead atoms. The zero-order chi connectivity index (χ0) is 14.6. The zero-order valence-corrected chi connectivity index (χ0v) is 13.6. The molecule has 0 aromatic rings. The average Bonchev–Trinajstić information content (AvgIpc) is 2.48. The zero-order valence-electron chi connectivity index (χ0n) is 13.6. The minimum Gasteiger partial charge on any atom is -0.340 e. The van der Waals surface area contributed by atoms with E-state index in [4.69, 9.17) is 0 Å². The number of nitrogens with one attached hydrogen (secondary N) is 1. The molecule has 3 heteroatoms. The second-order valence-corrected chi connectivity index (χ2v) is 6.03. The highest BCUT2D eigenvalue weighted by Gasteiger charge is 2.23. The molecule has 0 aromatic carbocycles. The molecule has 0 unspecified atom stereocenters. The molecule has 0 atom stereocenters. The van der Waals surface area contributed by atoms with E-state index < -0.39 is 0 Å². The van der Waals surface area contributed by atoms with Gasteiger partial charge in [0.1, 0.15) is 0 Å². The Morgan fingerprint density at radius 3 is 2.20 bits per heavy atom. The number of carbonyl (C=O) groups excluding carboxylic acids is 1. The molecule has 0 aromatic heterocycles. The van der Waals surface area contributed by atoms with Crippen molar-refractivity contribution in [2.45, 2.75) is 84.1 Å². The van der Waals surface area contributed by atoms with Crippen LogP contribution in [0.5, 0.6) is 0 Å². The molecule has 0 radical (unpaired) electrons. The van der Waals surface area contributed by atoms with Crippen LogP contribution < -0.4 is 5.32 Å². The lowest BCUT2D eigenvalue weighted by atomic mass is 10.0. The minimum atomic E-state index is 0.382. The summed E-state index contributed by atoms with van der Waals surface area (Å²) in [7, 11) is 0. The predicted molar refractivity (Wildman–Crippen MR) is 85.9 cm³/mol. The molecule has 0 spiro atoms. The molecule has 3 nitrogen and oxygen atoms in total. The van der Waals surface area contributed by atoms with Crippen LogP contribution in [0.2, 0.25) is 0 Å². The number of piperidine rings is 1. The maximum atomic E-state index is 12.3. The average molecular weight is 282 g/mol. The normalized spacial score (nSPS) is 16.3. The molecule has 1 fully saturated rings. The summed E-state index contributed by atoms with van der Waals surface area (Å²) in [6, 6.07) is 0.485. The SMILES string of the molecule is CCCCCCCCCC(=O)N(CC)C1CCNCC1. The quantitative estimate of drug-likeness (QED) is 0.619. The molecular formula is C17H34N2O. The summed E-state index contributed by atoms with van der Waals surface area (Å²) in [5.74, 6) is 0.382. The number of unbranched alkanes of at least 4 members (excludes halogenated alkanes) is 6. The van der Waals surface area contributed by atoms with E-state index in [-0.39, 0.29) is 0 Å². The van der Waals surface area contributed by atoms with Gasteiger partial charge in [0.2, 0.25) is 5.91 Å². The molecule has 1 saturated heterocycles. The Morgan fingerprint density at radius 1 is 1.00 bits per heavy atom. The van der Waals surface area contributed by atoms with Gasteiger partial charge in [-0.15, -0.1) is 0 Å². The van der Waals surface area contributed by atoms with Gasteiger partial charge in [-0.25, -0.2) is 0 Å². The second kappa shape index (κ2) is 11.1. The van der Waals surface area contributed by atoms with Gasteiger partial charge >= 0.3 is 0 Å². The first-order valence-electron chi connectivity index (χ1n) is 8.79. The molecule has 1 amide bonds. The van der Waals surface area contributed by atoms with Crippen LogP contribution >= 0.6 is 0 Å². The maximum absolute atomic E-state index is 12.3. The molecule has 20 heavy (non-hydrogen) atoms. The van der Waals surface area contributed by atoms with Crippen LogP contribution in [-0.4, -0.2) is 36.5 Å². The van der Waals surface area contributed by atoms with Gasteiger partial charge in [0.05, 0.1) is 0 Å². The Morgan fingerprint density at radius 2 is 1.60 bits per heavy atom. The van der Waals surface area contributed by atoms with Crippen LogP contribution in [0.25, 0.3) is 0 Å². The summed E-state index contributed by atoms with van der Waals surface area (Å²) in [4.78, 5) is 14.4. The molecule has 0 aliphatic carbocycles. The van der Waals surface area contributed by atoms with Crippen molar-refractivity contribution < 1.29 is 4.79 Å². The van der Waals surface area contributed by atoms with Crippen molar-refractivity contribution in [3.05, 3.63) is 0 Å². The van der Waals surface area contributed by atoms with Gasteiger partial charge in [0, 0.05) is 19.0 Å². The molecule has 118 valence electrons. The lowest BCUT2D eigenvalue weighted by Crippen LogP contribution is -2.46. The van der Waals surface area contributed by atoms with Crippen molar-refractivity contribution in [3.63, 3.8) is 0 Å². The summed E-state index contributed by atoms with van der Waals surface area (Å²) < 4.78 is 0. The van der Waals surface area contributed by atoms with Crippen LogP contribution in [0.4, 0.5) is 0 Å². The fourth-order valence-electron chi connectivity index (χ4n) is 3.13. The van der Waals surface area contributed by atoms with Gasteiger partial charge in [-0.05, 0) is 39.3 Å². The van der Waals surface area contributed by atoms with Crippen LogP contribution in [0, 0.1) is 0 Å². The van der Waals surface area contributed by atoms with E-state index in [1.165, 1.54) is 38.5 Å². The fraction of sp³-hybridized carbons (Fsp3) is 0.941. The topological polar surface area (TPSA) is 32.3 Å². The highest BCUT2D eigenvalue weighted by Crippen LogP contribution is 2.15. The van der Waals surface area contributed by atoms with Gasteiger partial charge in [-0.2, -0.15) is 0 Å². The summed E-state index contributed by atoms with van der Waals surface area (Å²) >= 11 is 0. The minimum absolute atomic E-state index is 0.382. The van der Waals surface area contributed by atoms with Gasteiger partial charge < -0.3 is 10.2 Å². The molecule has 1 aliphatic heterocycles. The lowest BCUT2D eigenvalue weighted by molar-refractivity contribution is -0.133. The van der Waals surface area contributed by atoms with Gasteiger partial charge in [-0.3, -0.25) is 4.79 Å². The predicted octanol–water partition coefficient (Wildman–Crippen LogP) is 3.73. The highest BCUT2D eigenvalue weighted by atomic mass is 16.2. The highest BCUT2D eigenvalue weighted by molar-refractivity contribution is 5.76. The Kier molecular flexibility index (Phi) is 9.73. The van der Waals surface area contributed by atoms with E-state index >= 15 is 0 Å². The molecule has 1 rings (SSSR count). The molecular weight excluding hydrogens is 248 g/mol. The smallest absolute Gasteiger partial charge is 0.222 e. The van der Waals surface area contributed by atoms with Crippen molar-refractivity contribution in [3.8, 4) is 0 Å². The molecule has 1 heterocycles. The molecule has 1 N–H and O–H groups in total. The fourth-order valence-corrected chi connectivity index (χ4v) is 3.13. The lowest BCUT2D eigenvalue weighted by Gasteiger charge is -2.34. The van der Waals surface area contributed by atoms with Gasteiger partial charge in [-0.1, -0.05) is 45.4 Å². The van der Waals surface area contributed by atoms with Crippen molar-refractivity contribution in [1.82, 2.24) is 10.2 Å². The summed E-state index contributed by atoms with van der Waals surface area (Å²) in [6.45, 7) is 7.36.